The fourth-order valence-corrected chi connectivity index (χ4v) is 2.23. The number of carbonyl (C=O) groups excluding carboxylic acids is 2. The van der Waals surface area contributed by atoms with E-state index < -0.39 is 11.9 Å². The molecule has 0 aromatic heterocycles. The van der Waals surface area contributed by atoms with E-state index in [1.807, 2.05) is 42.2 Å². The Kier molecular flexibility index (Phi) is 3.50. The van der Waals surface area contributed by atoms with Crippen LogP contribution in [0.3, 0.4) is 0 Å². The monoisotopic (exact) mass is 247 g/mol. The first kappa shape index (κ1) is 12.4. The third-order valence-electron chi connectivity index (χ3n) is 3.18. The molecule has 0 unspecified atom stereocenters. The molecule has 1 heterocycles. The van der Waals surface area contributed by atoms with E-state index in [-0.39, 0.29) is 5.91 Å². The van der Waals surface area contributed by atoms with Gasteiger partial charge in [0.2, 0.25) is 11.8 Å². The second-order valence-electron chi connectivity index (χ2n) is 4.36. The summed E-state index contributed by atoms with van der Waals surface area (Å²) >= 11 is 0. The molecule has 2 amide bonds. The van der Waals surface area contributed by atoms with Gasteiger partial charge in [0.1, 0.15) is 6.04 Å². The summed E-state index contributed by atoms with van der Waals surface area (Å²) in [6, 6.07) is 9.16. The molecule has 1 aliphatic heterocycles. The zero-order valence-electron chi connectivity index (χ0n) is 10.4. The SMILES string of the molecule is CC[C@@H](C(N)=O)N1CN(c2ccccc2)CC1=O. The van der Waals surface area contributed by atoms with Crippen LogP contribution < -0.4 is 10.6 Å². The molecule has 0 bridgehead atoms. The van der Waals surface area contributed by atoms with Crippen LogP contribution in [-0.2, 0) is 9.59 Å². The Labute approximate surface area is 106 Å². The Balaban J connectivity index is 2.14. The van der Waals surface area contributed by atoms with Gasteiger partial charge in [-0.1, -0.05) is 25.1 Å². The van der Waals surface area contributed by atoms with E-state index in [0.29, 0.717) is 19.6 Å². The van der Waals surface area contributed by atoms with Crippen LogP contribution in [-0.4, -0.2) is 36.0 Å². The number of primary amides is 1. The second-order valence-corrected chi connectivity index (χ2v) is 4.36. The Morgan fingerprint density at radius 3 is 2.61 bits per heavy atom. The van der Waals surface area contributed by atoms with Crippen molar-refractivity contribution in [2.75, 3.05) is 18.1 Å². The smallest absolute Gasteiger partial charge is 0.244 e. The van der Waals surface area contributed by atoms with Crippen LogP contribution in [0.5, 0.6) is 0 Å². The van der Waals surface area contributed by atoms with E-state index in [0.717, 1.165) is 5.69 Å². The molecule has 1 saturated heterocycles. The minimum atomic E-state index is -0.508. The van der Waals surface area contributed by atoms with Gasteiger partial charge in [0.15, 0.2) is 0 Å². The van der Waals surface area contributed by atoms with E-state index in [1.165, 1.54) is 0 Å². The normalized spacial score (nSPS) is 17.1. The van der Waals surface area contributed by atoms with Crippen molar-refractivity contribution in [3.8, 4) is 0 Å². The van der Waals surface area contributed by atoms with E-state index in [9.17, 15) is 9.59 Å². The Morgan fingerprint density at radius 1 is 1.39 bits per heavy atom. The third kappa shape index (κ3) is 2.30. The number of para-hydroxylation sites is 1. The van der Waals surface area contributed by atoms with Gasteiger partial charge in [-0.3, -0.25) is 9.59 Å². The summed E-state index contributed by atoms with van der Waals surface area (Å²) in [7, 11) is 0. The molecule has 96 valence electrons. The van der Waals surface area contributed by atoms with Gasteiger partial charge in [-0.25, -0.2) is 0 Å². The quantitative estimate of drug-likeness (QED) is 0.845. The lowest BCUT2D eigenvalue weighted by Gasteiger charge is -2.25. The number of carbonyl (C=O) groups is 2. The first-order valence-electron chi connectivity index (χ1n) is 6.02. The highest BCUT2D eigenvalue weighted by Crippen LogP contribution is 2.20. The van der Waals surface area contributed by atoms with Crippen molar-refractivity contribution in [3.05, 3.63) is 30.3 Å². The van der Waals surface area contributed by atoms with Gasteiger partial charge in [0.25, 0.3) is 0 Å². The van der Waals surface area contributed by atoms with Gasteiger partial charge in [0.05, 0.1) is 13.2 Å². The van der Waals surface area contributed by atoms with Crippen molar-refractivity contribution in [2.24, 2.45) is 5.73 Å². The van der Waals surface area contributed by atoms with Crippen LogP contribution in [0.1, 0.15) is 13.3 Å². The molecule has 5 nitrogen and oxygen atoms in total. The molecule has 1 atom stereocenters. The van der Waals surface area contributed by atoms with Crippen LogP contribution >= 0.6 is 0 Å². The highest BCUT2D eigenvalue weighted by Gasteiger charge is 2.34. The number of hydrogen-bond acceptors (Lipinski definition) is 3. The Morgan fingerprint density at radius 2 is 2.06 bits per heavy atom. The van der Waals surface area contributed by atoms with Gasteiger partial charge < -0.3 is 15.5 Å². The summed E-state index contributed by atoms with van der Waals surface area (Å²) < 4.78 is 0. The molecule has 18 heavy (non-hydrogen) atoms. The highest BCUT2D eigenvalue weighted by atomic mass is 16.2. The molecular formula is C13H17N3O2. The summed E-state index contributed by atoms with van der Waals surface area (Å²) in [4.78, 5) is 26.7. The molecule has 0 spiro atoms. The van der Waals surface area contributed by atoms with Gasteiger partial charge >= 0.3 is 0 Å². The standard InChI is InChI=1S/C13H17N3O2/c1-2-11(13(14)18)16-9-15(8-12(16)17)10-6-4-3-5-7-10/h3-7,11H,2,8-9H2,1H3,(H2,14,18)/t11-/m0/s1. The zero-order chi connectivity index (χ0) is 13.1. The van der Waals surface area contributed by atoms with Crippen molar-refractivity contribution in [1.82, 2.24) is 4.90 Å². The molecule has 0 radical (unpaired) electrons. The lowest BCUT2D eigenvalue weighted by molar-refractivity contribution is -0.135. The maximum atomic E-state index is 11.9. The number of anilines is 1. The van der Waals surface area contributed by atoms with Crippen molar-refractivity contribution < 1.29 is 9.59 Å². The van der Waals surface area contributed by atoms with Gasteiger partial charge in [-0.15, -0.1) is 0 Å². The molecule has 1 fully saturated rings. The maximum absolute atomic E-state index is 11.9. The minimum absolute atomic E-state index is 0.0514. The van der Waals surface area contributed by atoms with E-state index >= 15 is 0 Å². The first-order valence-corrected chi connectivity index (χ1v) is 6.02. The summed E-state index contributed by atoms with van der Waals surface area (Å²) in [6.45, 7) is 2.58. The van der Waals surface area contributed by atoms with Crippen LogP contribution in [0, 0.1) is 0 Å². The maximum Gasteiger partial charge on any atom is 0.244 e. The number of rotatable bonds is 4. The molecule has 1 aromatic rings. The summed E-state index contributed by atoms with van der Waals surface area (Å²) in [5, 5.41) is 0. The van der Waals surface area contributed by atoms with Gasteiger partial charge in [0, 0.05) is 5.69 Å². The number of nitrogens with zero attached hydrogens (tertiary/aromatic N) is 2. The molecule has 2 N–H and O–H groups in total. The fraction of sp³-hybridized carbons (Fsp3) is 0.385. The van der Waals surface area contributed by atoms with Crippen LogP contribution in [0.4, 0.5) is 5.69 Å². The van der Waals surface area contributed by atoms with Crippen molar-refractivity contribution in [1.29, 1.82) is 0 Å². The lowest BCUT2D eigenvalue weighted by Crippen LogP contribution is -2.45. The Bertz CT molecular complexity index is 447. The third-order valence-corrected chi connectivity index (χ3v) is 3.18. The molecule has 1 aliphatic rings. The van der Waals surface area contributed by atoms with Crippen molar-refractivity contribution in [2.45, 2.75) is 19.4 Å². The summed E-state index contributed by atoms with van der Waals surface area (Å²) in [5.41, 5.74) is 6.30. The molecule has 2 rings (SSSR count). The average Bonchev–Trinajstić information content (AvgIpc) is 2.73. The molecule has 1 aromatic carbocycles. The number of benzene rings is 1. The largest absolute Gasteiger partial charge is 0.368 e. The molecule has 5 heteroatoms. The fourth-order valence-electron chi connectivity index (χ4n) is 2.23. The summed E-state index contributed by atoms with van der Waals surface area (Å²) in [5.74, 6) is -0.495. The van der Waals surface area contributed by atoms with E-state index in [1.54, 1.807) is 4.90 Å². The summed E-state index contributed by atoms with van der Waals surface area (Å²) in [6.07, 6.45) is 0.545. The lowest BCUT2D eigenvalue weighted by atomic mass is 10.2. The predicted molar refractivity (Wildman–Crippen MR) is 68.8 cm³/mol. The predicted octanol–water partition coefficient (Wildman–Crippen LogP) is 0.557. The minimum Gasteiger partial charge on any atom is -0.368 e. The molecular weight excluding hydrogens is 230 g/mol. The number of hydrogen-bond donors (Lipinski definition) is 1. The van der Waals surface area contributed by atoms with Gasteiger partial charge in [-0.2, -0.15) is 0 Å². The van der Waals surface area contributed by atoms with Crippen LogP contribution in [0.25, 0.3) is 0 Å². The number of nitrogens with two attached hydrogens (primary N) is 1. The highest BCUT2D eigenvalue weighted by molar-refractivity contribution is 5.90. The number of amides is 2. The second kappa shape index (κ2) is 5.08. The zero-order valence-corrected chi connectivity index (χ0v) is 10.4. The van der Waals surface area contributed by atoms with Crippen LogP contribution in [0.2, 0.25) is 0 Å². The van der Waals surface area contributed by atoms with Gasteiger partial charge in [-0.05, 0) is 18.6 Å². The van der Waals surface area contributed by atoms with E-state index in [4.69, 9.17) is 5.73 Å². The van der Waals surface area contributed by atoms with Crippen molar-refractivity contribution >= 4 is 17.5 Å². The Hall–Kier alpha value is -2.04. The first-order chi connectivity index (χ1) is 8.63. The molecule has 0 saturated carbocycles. The molecule has 0 aliphatic carbocycles. The van der Waals surface area contributed by atoms with Crippen molar-refractivity contribution in [3.63, 3.8) is 0 Å². The van der Waals surface area contributed by atoms with E-state index in [2.05, 4.69) is 0 Å². The topological polar surface area (TPSA) is 66.6 Å². The average molecular weight is 247 g/mol. The van der Waals surface area contributed by atoms with Crippen LogP contribution in [0.15, 0.2) is 30.3 Å².